The zero-order valence-corrected chi connectivity index (χ0v) is 28.5. The number of urea groups is 2. The molecule has 6 heterocycles. The fourth-order valence-corrected chi connectivity index (χ4v) is 6.08. The molecule has 12 atom stereocenters. The van der Waals surface area contributed by atoms with Gasteiger partial charge in [-0.25, -0.2) is 9.59 Å². The van der Waals surface area contributed by atoms with Crippen molar-refractivity contribution < 1.29 is 77.4 Å². The predicted molar refractivity (Wildman–Crippen MR) is 168 cm³/mol. The average molecular weight is 787 g/mol. The standard InChI is InChI=1S/C10H15N3O7.C9H14N4O7.C6H10N2O5.H3N/c1-5(14)2-11-10(15)12-6-3-18-9-7(20-13(16)17)4-19-8(6)9;10-6(14)1-11-9(15)12-4-2-18-8-5(20-13(16)17)3-19-7(4)8;7-3-1-11-6-4(13-8(9)10)2-12-5(3)6;/h6-9H,2-4H2,1H3,(H2,11,12,15);4-5,7-8H,1-3H2,(H2,10,14)(H2,11,12,15);3-6H,1-2,7H2;1H3/t6-,7+,8-,9-;4-,5+,7-,8-;3-,4+,5-,6-;/m111./s1. The van der Waals surface area contributed by atoms with Crippen molar-refractivity contribution in [1.82, 2.24) is 27.4 Å². The predicted octanol–water partition coefficient (Wildman–Crippen LogP) is -5.02. The first-order valence-electron chi connectivity index (χ1n) is 15.9. The molecule has 11 N–H and O–H groups in total. The van der Waals surface area contributed by atoms with Crippen molar-refractivity contribution in [2.24, 2.45) is 11.5 Å². The second-order valence-electron chi connectivity index (χ2n) is 12.1. The lowest BCUT2D eigenvalue weighted by Crippen LogP contribution is -2.49. The summed E-state index contributed by atoms with van der Waals surface area (Å²) in [5.41, 5.74) is 10.5. The summed E-state index contributed by atoms with van der Waals surface area (Å²) < 4.78 is 31.9. The molecule has 0 aromatic carbocycles. The van der Waals surface area contributed by atoms with Crippen LogP contribution in [0.1, 0.15) is 6.92 Å². The number of rotatable bonds is 12. The van der Waals surface area contributed by atoms with Gasteiger partial charge in [0.05, 0.1) is 70.9 Å². The number of fused-ring (bicyclic) bond motifs is 3. The maximum atomic E-state index is 11.5. The highest BCUT2D eigenvalue weighted by Gasteiger charge is 2.51. The van der Waals surface area contributed by atoms with Crippen LogP contribution < -0.4 is 38.9 Å². The van der Waals surface area contributed by atoms with Crippen molar-refractivity contribution in [3.63, 3.8) is 0 Å². The summed E-state index contributed by atoms with van der Waals surface area (Å²) >= 11 is 0. The van der Waals surface area contributed by atoms with Crippen molar-refractivity contribution in [2.75, 3.05) is 52.7 Å². The molecule has 5 amide bonds. The van der Waals surface area contributed by atoms with Gasteiger partial charge in [0.2, 0.25) is 5.91 Å². The van der Waals surface area contributed by atoms with Crippen molar-refractivity contribution in [2.45, 2.75) is 80.0 Å². The van der Waals surface area contributed by atoms with Gasteiger partial charge in [-0.15, -0.1) is 30.3 Å². The number of amides is 5. The molecule has 0 radical (unpaired) electrons. The van der Waals surface area contributed by atoms with Gasteiger partial charge in [-0.3, -0.25) is 9.59 Å². The molecule has 0 spiro atoms. The van der Waals surface area contributed by atoms with Crippen LogP contribution in [0.5, 0.6) is 0 Å². The number of nitrogens with zero attached hydrogens (tertiary/aromatic N) is 3. The molecular formula is C25H42N10O19. The molecule has 6 rings (SSSR count). The molecule has 306 valence electrons. The third kappa shape index (κ3) is 12.0. The van der Waals surface area contributed by atoms with Gasteiger partial charge in [0.25, 0.3) is 15.3 Å². The van der Waals surface area contributed by atoms with Crippen LogP contribution in [0.2, 0.25) is 0 Å². The van der Waals surface area contributed by atoms with E-state index in [1.807, 2.05) is 0 Å². The van der Waals surface area contributed by atoms with Crippen LogP contribution in [0.4, 0.5) is 9.59 Å². The molecule has 6 fully saturated rings. The first-order valence-corrected chi connectivity index (χ1v) is 15.9. The number of hydrogen-bond acceptors (Lipinski definition) is 21. The third-order valence-electron chi connectivity index (χ3n) is 8.28. The number of carbonyl (C=O) groups is 4. The fourth-order valence-electron chi connectivity index (χ4n) is 6.08. The lowest BCUT2D eigenvalue weighted by Gasteiger charge is -2.17. The maximum absolute atomic E-state index is 11.5. The Morgan fingerprint density at radius 3 is 1.35 bits per heavy atom. The number of carbonyl (C=O) groups excluding carboxylic acids is 4. The van der Waals surface area contributed by atoms with E-state index in [0.717, 1.165) is 0 Å². The molecule has 0 aromatic rings. The van der Waals surface area contributed by atoms with Crippen LogP contribution in [0.25, 0.3) is 0 Å². The quantitative estimate of drug-likeness (QED) is 0.0719. The highest BCUT2D eigenvalue weighted by atomic mass is 17.0. The van der Waals surface area contributed by atoms with Gasteiger partial charge in [-0.2, -0.15) is 0 Å². The average Bonchev–Trinajstić information content (AvgIpc) is 3.92. The number of nitrogens with one attached hydrogen (secondary N) is 4. The van der Waals surface area contributed by atoms with E-state index in [1.165, 1.54) is 6.92 Å². The van der Waals surface area contributed by atoms with E-state index in [4.69, 9.17) is 39.9 Å². The van der Waals surface area contributed by atoms with E-state index in [2.05, 4.69) is 35.8 Å². The van der Waals surface area contributed by atoms with Crippen LogP contribution in [0.15, 0.2) is 0 Å². The van der Waals surface area contributed by atoms with E-state index in [9.17, 15) is 49.5 Å². The molecule has 29 nitrogen and oxygen atoms in total. The zero-order chi connectivity index (χ0) is 38.8. The van der Waals surface area contributed by atoms with Gasteiger partial charge in [-0.1, -0.05) is 0 Å². The summed E-state index contributed by atoms with van der Waals surface area (Å²) in [6.45, 7) is 1.88. The van der Waals surface area contributed by atoms with Gasteiger partial charge in [-0.05, 0) is 6.92 Å². The summed E-state index contributed by atoms with van der Waals surface area (Å²) in [5.74, 6) is -0.838. The maximum Gasteiger partial charge on any atom is 0.315 e. The Labute approximate surface area is 303 Å². The summed E-state index contributed by atoms with van der Waals surface area (Å²) in [6, 6.07) is -2.23. The molecule has 0 aliphatic carbocycles. The molecule has 0 bridgehead atoms. The zero-order valence-electron chi connectivity index (χ0n) is 28.5. The number of ketones is 1. The summed E-state index contributed by atoms with van der Waals surface area (Å²) in [7, 11) is 0. The van der Waals surface area contributed by atoms with E-state index in [1.54, 1.807) is 0 Å². The lowest BCUT2D eigenvalue weighted by molar-refractivity contribution is -0.769. The Bertz CT molecular complexity index is 1290. The first-order chi connectivity index (χ1) is 25.1. The highest BCUT2D eigenvalue weighted by Crippen LogP contribution is 2.30. The number of hydrogen-bond donors (Lipinski definition) is 7. The van der Waals surface area contributed by atoms with Gasteiger partial charge < -0.3 is 81.8 Å². The smallest absolute Gasteiger partial charge is 0.315 e. The number of Topliss-reactive ketones (excluding diaryl/α,β-unsaturated/α-hetero) is 1. The molecule has 29 heteroatoms. The van der Waals surface area contributed by atoms with Crippen LogP contribution in [-0.2, 0) is 52.5 Å². The van der Waals surface area contributed by atoms with Crippen molar-refractivity contribution in [3.8, 4) is 0 Å². The topological polar surface area (TPSA) is 416 Å². The largest absolute Gasteiger partial charge is 0.371 e. The first kappa shape index (κ1) is 43.4. The monoisotopic (exact) mass is 786 g/mol. The van der Waals surface area contributed by atoms with Crippen LogP contribution >= 0.6 is 0 Å². The normalized spacial score (nSPS) is 33.7. The highest BCUT2D eigenvalue weighted by molar-refractivity contribution is 5.84. The Morgan fingerprint density at radius 2 is 0.963 bits per heavy atom. The fraction of sp³-hybridized carbons (Fsp3) is 0.840. The summed E-state index contributed by atoms with van der Waals surface area (Å²) in [5, 5.41) is 37.8. The Balaban J connectivity index is 0.000000221. The van der Waals surface area contributed by atoms with E-state index >= 15 is 0 Å². The van der Waals surface area contributed by atoms with Gasteiger partial charge in [0, 0.05) is 0 Å². The van der Waals surface area contributed by atoms with Gasteiger partial charge in [0.1, 0.15) is 42.4 Å². The summed E-state index contributed by atoms with van der Waals surface area (Å²) in [4.78, 5) is 88.2. The molecular weight excluding hydrogens is 744 g/mol. The van der Waals surface area contributed by atoms with Crippen molar-refractivity contribution in [3.05, 3.63) is 30.3 Å². The van der Waals surface area contributed by atoms with Crippen molar-refractivity contribution in [1.29, 1.82) is 0 Å². The van der Waals surface area contributed by atoms with Gasteiger partial charge >= 0.3 is 12.1 Å². The minimum Gasteiger partial charge on any atom is -0.371 e. The molecule has 6 aliphatic rings. The Hall–Kier alpha value is -5.04. The Kier molecular flexibility index (Phi) is 16.0. The number of primary amides is 1. The molecule has 6 aliphatic heterocycles. The Morgan fingerprint density at radius 1 is 0.611 bits per heavy atom. The molecule has 0 aromatic heterocycles. The second kappa shape index (κ2) is 19.9. The van der Waals surface area contributed by atoms with E-state index in [-0.39, 0.29) is 76.3 Å². The minimum absolute atomic E-state index is 0. The number of ether oxygens (including phenoxy) is 6. The molecule has 6 saturated heterocycles. The SMILES string of the molecule is CC(=O)CNC(=O)N[C@@H]1CO[C@H]2[C@@H]1OC[C@@H]2O[N+](=O)[O-].N.NC(=O)CNC(=O)N[C@@H]1CO[C@H]2[C@@H]1OC[C@@H]2O[N+](=O)[O-].N[C@@H]1CO[C@H]2[C@@H]1OC[C@@H]2O[N+](=O)[O-]. The number of nitrogens with two attached hydrogens (primary N) is 2. The van der Waals surface area contributed by atoms with E-state index in [0.29, 0.717) is 6.61 Å². The molecule has 0 saturated carbocycles. The lowest BCUT2D eigenvalue weighted by atomic mass is 10.1. The summed E-state index contributed by atoms with van der Waals surface area (Å²) in [6.07, 6.45) is -5.10. The van der Waals surface area contributed by atoms with Crippen molar-refractivity contribution >= 4 is 23.8 Å². The second-order valence-corrected chi connectivity index (χ2v) is 12.1. The van der Waals surface area contributed by atoms with Crippen LogP contribution in [0.3, 0.4) is 0 Å². The minimum atomic E-state index is -0.903. The van der Waals surface area contributed by atoms with Gasteiger partial charge in [0.15, 0.2) is 18.3 Å². The van der Waals surface area contributed by atoms with Crippen LogP contribution in [-0.4, -0.2) is 165 Å². The third-order valence-corrected chi connectivity index (χ3v) is 8.28. The van der Waals surface area contributed by atoms with Crippen LogP contribution in [0, 0.1) is 30.3 Å². The molecule has 54 heavy (non-hydrogen) atoms. The van der Waals surface area contributed by atoms with E-state index < -0.39 is 88.0 Å². The molecule has 0 unspecified atom stereocenters.